The highest BCUT2D eigenvalue weighted by atomic mass is 32.1. The highest BCUT2D eigenvalue weighted by molar-refractivity contribution is 7.10. The zero-order valence-electron chi connectivity index (χ0n) is 10.3. The molecule has 0 spiro atoms. The predicted octanol–water partition coefficient (Wildman–Crippen LogP) is 1.71. The van der Waals surface area contributed by atoms with Gasteiger partial charge in [-0.15, -0.1) is 11.3 Å². The third-order valence-electron chi connectivity index (χ3n) is 3.28. The van der Waals surface area contributed by atoms with Gasteiger partial charge in [-0.2, -0.15) is 0 Å². The minimum atomic E-state index is 0.202. The van der Waals surface area contributed by atoms with Gasteiger partial charge < -0.3 is 10.6 Å². The van der Waals surface area contributed by atoms with E-state index in [1.54, 1.807) is 11.3 Å². The van der Waals surface area contributed by atoms with Gasteiger partial charge in [0, 0.05) is 17.8 Å². The first-order valence-electron chi connectivity index (χ1n) is 6.26. The summed E-state index contributed by atoms with van der Waals surface area (Å²) in [5, 5.41) is 8.41. The van der Waals surface area contributed by atoms with Crippen molar-refractivity contribution in [2.24, 2.45) is 5.92 Å². The van der Waals surface area contributed by atoms with Crippen LogP contribution >= 0.6 is 11.3 Å². The first kappa shape index (κ1) is 12.6. The fraction of sp³-hybridized carbons (Fsp3) is 0.615. The number of nitrogens with one attached hydrogen (secondary N) is 2. The molecule has 17 heavy (non-hydrogen) atoms. The molecule has 0 radical (unpaired) electrons. The molecule has 0 bridgehead atoms. The van der Waals surface area contributed by atoms with Gasteiger partial charge in [0.05, 0.1) is 0 Å². The number of rotatable bonds is 5. The largest absolute Gasteiger partial charge is 0.356 e. The van der Waals surface area contributed by atoms with E-state index in [0.29, 0.717) is 12.3 Å². The highest BCUT2D eigenvalue weighted by Gasteiger charge is 2.17. The van der Waals surface area contributed by atoms with E-state index in [1.165, 1.54) is 10.4 Å². The van der Waals surface area contributed by atoms with Gasteiger partial charge in [-0.3, -0.25) is 4.79 Å². The summed E-state index contributed by atoms with van der Waals surface area (Å²) in [6.45, 7) is 4.95. The summed E-state index contributed by atoms with van der Waals surface area (Å²) in [6, 6.07) is 2.13. The molecule has 3 nitrogen and oxygen atoms in total. The maximum Gasteiger partial charge on any atom is 0.220 e. The topological polar surface area (TPSA) is 41.1 Å². The van der Waals surface area contributed by atoms with Crippen LogP contribution in [0.15, 0.2) is 11.4 Å². The minimum Gasteiger partial charge on any atom is -0.356 e. The Morgan fingerprint density at radius 3 is 3.18 bits per heavy atom. The summed E-state index contributed by atoms with van der Waals surface area (Å²) in [5.74, 6) is 0.742. The summed E-state index contributed by atoms with van der Waals surface area (Å²) < 4.78 is 0. The molecule has 4 heteroatoms. The van der Waals surface area contributed by atoms with Gasteiger partial charge in [-0.1, -0.05) is 0 Å². The highest BCUT2D eigenvalue weighted by Crippen LogP contribution is 2.15. The van der Waals surface area contributed by atoms with Crippen LogP contribution < -0.4 is 10.6 Å². The van der Waals surface area contributed by atoms with E-state index in [4.69, 9.17) is 0 Å². The zero-order valence-corrected chi connectivity index (χ0v) is 11.1. The van der Waals surface area contributed by atoms with Crippen LogP contribution in [0.5, 0.6) is 0 Å². The van der Waals surface area contributed by atoms with Crippen LogP contribution in [0.3, 0.4) is 0 Å². The lowest BCUT2D eigenvalue weighted by molar-refractivity contribution is -0.121. The molecule has 0 aliphatic carbocycles. The normalized spacial score (nSPS) is 19.5. The molecule has 1 amide bonds. The standard InChI is InChI=1S/C13H20N2OS/c1-10-4-7-17-12(10)3-6-15-13(16)8-11-2-5-14-9-11/h4,7,11,14H,2-3,5-6,8-9H2,1H3,(H,15,16). The third kappa shape index (κ3) is 3.82. The molecule has 1 aliphatic heterocycles. The van der Waals surface area contributed by atoms with Gasteiger partial charge in [-0.25, -0.2) is 0 Å². The van der Waals surface area contributed by atoms with Gasteiger partial charge in [0.2, 0.25) is 5.91 Å². The molecule has 1 saturated heterocycles. The molecule has 1 fully saturated rings. The second kappa shape index (κ2) is 6.17. The van der Waals surface area contributed by atoms with Crippen molar-refractivity contribution in [2.75, 3.05) is 19.6 Å². The van der Waals surface area contributed by atoms with Gasteiger partial charge in [-0.05, 0) is 55.8 Å². The van der Waals surface area contributed by atoms with Gasteiger partial charge in [0.15, 0.2) is 0 Å². The van der Waals surface area contributed by atoms with E-state index in [-0.39, 0.29) is 5.91 Å². The van der Waals surface area contributed by atoms with Crippen LogP contribution in [0.1, 0.15) is 23.3 Å². The number of thiophene rings is 1. The maximum atomic E-state index is 11.7. The van der Waals surface area contributed by atoms with Gasteiger partial charge in [0.1, 0.15) is 0 Å². The summed E-state index contributed by atoms with van der Waals surface area (Å²) in [6.07, 6.45) is 2.77. The molecule has 1 unspecified atom stereocenters. The van der Waals surface area contributed by atoms with Crippen molar-refractivity contribution in [2.45, 2.75) is 26.2 Å². The summed E-state index contributed by atoms with van der Waals surface area (Å²) >= 11 is 1.77. The van der Waals surface area contributed by atoms with E-state index in [2.05, 4.69) is 29.0 Å². The van der Waals surface area contributed by atoms with Crippen molar-refractivity contribution in [1.82, 2.24) is 10.6 Å². The van der Waals surface area contributed by atoms with Crippen LogP contribution in [0.4, 0.5) is 0 Å². The van der Waals surface area contributed by atoms with E-state index in [1.807, 2.05) is 0 Å². The second-order valence-electron chi connectivity index (χ2n) is 4.69. The molecule has 2 N–H and O–H groups in total. The Balaban J connectivity index is 1.64. The van der Waals surface area contributed by atoms with Crippen LogP contribution in [0.25, 0.3) is 0 Å². The molecular weight excluding hydrogens is 232 g/mol. The van der Waals surface area contributed by atoms with E-state index in [9.17, 15) is 4.79 Å². The summed E-state index contributed by atoms with van der Waals surface area (Å²) in [4.78, 5) is 13.1. The van der Waals surface area contributed by atoms with E-state index < -0.39 is 0 Å². The number of amides is 1. The Morgan fingerprint density at radius 1 is 1.65 bits per heavy atom. The first-order valence-corrected chi connectivity index (χ1v) is 7.14. The monoisotopic (exact) mass is 252 g/mol. The fourth-order valence-electron chi connectivity index (χ4n) is 2.20. The van der Waals surface area contributed by atoms with Crippen LogP contribution in [0, 0.1) is 12.8 Å². The number of hydrogen-bond acceptors (Lipinski definition) is 3. The Labute approximate surface area is 107 Å². The lowest BCUT2D eigenvalue weighted by atomic mass is 10.0. The average Bonchev–Trinajstić information content (AvgIpc) is 2.91. The van der Waals surface area contributed by atoms with E-state index in [0.717, 1.165) is 32.5 Å². The number of aryl methyl sites for hydroxylation is 1. The Kier molecular flexibility index (Phi) is 4.57. The Morgan fingerprint density at radius 2 is 2.53 bits per heavy atom. The summed E-state index contributed by atoms with van der Waals surface area (Å²) in [7, 11) is 0. The first-order chi connectivity index (χ1) is 8.25. The van der Waals surface area contributed by atoms with E-state index >= 15 is 0 Å². The molecule has 94 valence electrons. The van der Waals surface area contributed by atoms with Crippen molar-refractivity contribution in [3.8, 4) is 0 Å². The Bertz CT molecular complexity index is 369. The number of carbonyl (C=O) groups excluding carboxylic acids is 1. The molecule has 2 rings (SSSR count). The molecule has 1 aliphatic rings. The smallest absolute Gasteiger partial charge is 0.220 e. The third-order valence-corrected chi connectivity index (χ3v) is 4.36. The second-order valence-corrected chi connectivity index (χ2v) is 5.69. The molecule has 1 aromatic rings. The molecule has 0 aromatic carbocycles. The molecular formula is C13H20N2OS. The average molecular weight is 252 g/mol. The van der Waals surface area contributed by atoms with Crippen LogP contribution in [-0.2, 0) is 11.2 Å². The lowest BCUT2D eigenvalue weighted by Gasteiger charge is -2.08. The SMILES string of the molecule is Cc1ccsc1CCNC(=O)CC1CCNC1. The van der Waals surface area contributed by atoms with Crippen molar-refractivity contribution in [3.63, 3.8) is 0 Å². The van der Waals surface area contributed by atoms with Gasteiger partial charge >= 0.3 is 0 Å². The van der Waals surface area contributed by atoms with Gasteiger partial charge in [0.25, 0.3) is 0 Å². The minimum absolute atomic E-state index is 0.202. The van der Waals surface area contributed by atoms with Crippen molar-refractivity contribution in [3.05, 3.63) is 21.9 Å². The van der Waals surface area contributed by atoms with Crippen molar-refractivity contribution >= 4 is 17.2 Å². The molecule has 1 aromatic heterocycles. The predicted molar refractivity (Wildman–Crippen MR) is 71.4 cm³/mol. The quantitative estimate of drug-likeness (QED) is 0.837. The summed E-state index contributed by atoms with van der Waals surface area (Å²) in [5.41, 5.74) is 1.34. The van der Waals surface area contributed by atoms with Crippen molar-refractivity contribution in [1.29, 1.82) is 0 Å². The Hall–Kier alpha value is -0.870. The van der Waals surface area contributed by atoms with Crippen molar-refractivity contribution < 1.29 is 4.79 Å². The number of hydrogen-bond donors (Lipinski definition) is 2. The molecule has 0 saturated carbocycles. The van der Waals surface area contributed by atoms with Crippen LogP contribution in [0.2, 0.25) is 0 Å². The molecule has 2 heterocycles. The fourth-order valence-corrected chi connectivity index (χ4v) is 3.11. The lowest BCUT2D eigenvalue weighted by Crippen LogP contribution is -2.28. The zero-order chi connectivity index (χ0) is 12.1. The number of carbonyl (C=O) groups is 1. The maximum absolute atomic E-state index is 11.7. The molecule has 1 atom stereocenters. The van der Waals surface area contributed by atoms with Crippen LogP contribution in [-0.4, -0.2) is 25.5 Å².